The summed E-state index contributed by atoms with van der Waals surface area (Å²) in [6, 6.07) is 0.730. The van der Waals surface area contributed by atoms with E-state index in [1.165, 1.54) is 38.8 Å². The number of hydrogen-bond donors (Lipinski definition) is 1. The quantitative estimate of drug-likeness (QED) is 0.790. The maximum Gasteiger partial charge on any atom is 0.0354 e. The van der Waals surface area contributed by atoms with E-state index in [-0.39, 0.29) is 5.54 Å². The molecule has 2 rings (SSSR count). The van der Waals surface area contributed by atoms with Crippen LogP contribution in [0, 0.1) is 5.41 Å². The number of hydrogen-bond acceptors (Lipinski definition) is 3. The van der Waals surface area contributed by atoms with E-state index >= 15 is 0 Å². The standard InChI is InChI=1S/C14H29N3/c1-13(7-8-13)14(2,11-15)17(4)10-12-6-5-9-16(12)3/h12H,5-11,15H2,1-4H3. The van der Waals surface area contributed by atoms with Crippen molar-refractivity contribution in [1.82, 2.24) is 9.80 Å². The Hall–Kier alpha value is -0.120. The molecule has 17 heavy (non-hydrogen) atoms. The van der Waals surface area contributed by atoms with E-state index in [4.69, 9.17) is 5.73 Å². The molecule has 2 unspecified atom stereocenters. The maximum absolute atomic E-state index is 6.09. The van der Waals surface area contributed by atoms with Crippen molar-refractivity contribution in [3.8, 4) is 0 Å². The van der Waals surface area contributed by atoms with Crippen LogP contribution < -0.4 is 5.73 Å². The van der Waals surface area contributed by atoms with Gasteiger partial charge in [-0.15, -0.1) is 0 Å². The van der Waals surface area contributed by atoms with Gasteiger partial charge in [-0.2, -0.15) is 0 Å². The van der Waals surface area contributed by atoms with Crippen molar-refractivity contribution in [2.45, 2.75) is 51.1 Å². The molecule has 0 amide bonds. The van der Waals surface area contributed by atoms with Gasteiger partial charge in [-0.25, -0.2) is 0 Å². The molecule has 2 fully saturated rings. The number of likely N-dealkylation sites (N-methyl/N-ethyl adjacent to an activating group) is 2. The highest BCUT2D eigenvalue weighted by Crippen LogP contribution is 2.55. The van der Waals surface area contributed by atoms with Crippen LogP contribution in [-0.2, 0) is 0 Å². The van der Waals surface area contributed by atoms with Crippen molar-refractivity contribution in [3.63, 3.8) is 0 Å². The Balaban J connectivity index is 2.00. The average molecular weight is 239 g/mol. The minimum Gasteiger partial charge on any atom is -0.329 e. The van der Waals surface area contributed by atoms with E-state index in [1.54, 1.807) is 0 Å². The summed E-state index contributed by atoms with van der Waals surface area (Å²) in [7, 11) is 4.52. The molecule has 1 saturated carbocycles. The van der Waals surface area contributed by atoms with Gasteiger partial charge in [-0.3, -0.25) is 4.90 Å². The minimum atomic E-state index is 0.177. The van der Waals surface area contributed by atoms with Gasteiger partial charge in [0.15, 0.2) is 0 Å². The predicted octanol–water partition coefficient (Wildman–Crippen LogP) is 1.53. The first kappa shape index (κ1) is 13.3. The number of nitrogens with zero attached hydrogens (tertiary/aromatic N) is 2. The Morgan fingerprint density at radius 2 is 2.12 bits per heavy atom. The van der Waals surface area contributed by atoms with Gasteiger partial charge in [0.25, 0.3) is 0 Å². The van der Waals surface area contributed by atoms with Crippen molar-refractivity contribution in [3.05, 3.63) is 0 Å². The minimum absolute atomic E-state index is 0.177. The zero-order chi connectivity index (χ0) is 12.7. The first-order valence-corrected chi connectivity index (χ1v) is 7.04. The van der Waals surface area contributed by atoms with Gasteiger partial charge in [-0.1, -0.05) is 6.92 Å². The van der Waals surface area contributed by atoms with E-state index in [0.717, 1.165) is 12.6 Å². The van der Waals surface area contributed by atoms with Gasteiger partial charge < -0.3 is 10.6 Å². The summed E-state index contributed by atoms with van der Waals surface area (Å²) in [5, 5.41) is 0. The maximum atomic E-state index is 6.09. The van der Waals surface area contributed by atoms with Gasteiger partial charge in [0.05, 0.1) is 0 Å². The van der Waals surface area contributed by atoms with Crippen LogP contribution in [0.4, 0.5) is 0 Å². The van der Waals surface area contributed by atoms with E-state index in [0.29, 0.717) is 5.41 Å². The first-order valence-electron chi connectivity index (χ1n) is 7.04. The molecule has 0 bridgehead atoms. The summed E-state index contributed by atoms with van der Waals surface area (Å²) < 4.78 is 0. The van der Waals surface area contributed by atoms with E-state index in [9.17, 15) is 0 Å². The second-order valence-electron chi connectivity index (χ2n) is 6.70. The molecule has 0 radical (unpaired) electrons. The molecule has 0 aromatic carbocycles. The highest BCUT2D eigenvalue weighted by molar-refractivity contribution is 5.09. The molecule has 0 aromatic rings. The molecule has 1 aliphatic heterocycles. The second kappa shape index (κ2) is 4.52. The first-order chi connectivity index (χ1) is 7.93. The Kier molecular flexibility index (Phi) is 3.54. The molecule has 0 aromatic heterocycles. The summed E-state index contributed by atoms with van der Waals surface area (Å²) in [5.74, 6) is 0. The van der Waals surface area contributed by atoms with Crippen LogP contribution in [0.3, 0.4) is 0 Å². The van der Waals surface area contributed by atoms with Crippen LogP contribution in [0.15, 0.2) is 0 Å². The molecule has 3 nitrogen and oxygen atoms in total. The number of likely N-dealkylation sites (tertiary alicyclic amines) is 1. The third kappa shape index (κ3) is 2.25. The summed E-state index contributed by atoms with van der Waals surface area (Å²) >= 11 is 0. The lowest BCUT2D eigenvalue weighted by Crippen LogP contribution is -2.57. The van der Waals surface area contributed by atoms with Crippen molar-refractivity contribution >= 4 is 0 Å². The van der Waals surface area contributed by atoms with Crippen LogP contribution in [0.2, 0.25) is 0 Å². The second-order valence-corrected chi connectivity index (χ2v) is 6.70. The summed E-state index contributed by atoms with van der Waals surface area (Å²) in [5.41, 5.74) is 6.72. The fourth-order valence-electron chi connectivity index (χ4n) is 3.32. The number of rotatable bonds is 5. The molecule has 100 valence electrons. The predicted molar refractivity (Wildman–Crippen MR) is 73.1 cm³/mol. The van der Waals surface area contributed by atoms with Crippen LogP contribution in [0.1, 0.15) is 39.5 Å². The van der Waals surface area contributed by atoms with Crippen LogP contribution >= 0.6 is 0 Å². The van der Waals surface area contributed by atoms with Crippen molar-refractivity contribution < 1.29 is 0 Å². The fourth-order valence-corrected chi connectivity index (χ4v) is 3.32. The SMILES string of the molecule is CN1CCCC1CN(C)C(C)(CN)C1(C)CC1. The molecular formula is C14H29N3. The average Bonchev–Trinajstić information content (AvgIpc) is 2.94. The number of nitrogens with two attached hydrogens (primary N) is 1. The Morgan fingerprint density at radius 3 is 2.53 bits per heavy atom. The molecule has 2 N–H and O–H groups in total. The Morgan fingerprint density at radius 1 is 1.47 bits per heavy atom. The third-order valence-electron chi connectivity index (χ3n) is 5.70. The van der Waals surface area contributed by atoms with Gasteiger partial charge in [0.1, 0.15) is 0 Å². The molecule has 2 atom stereocenters. The normalized spacial score (nSPS) is 31.8. The zero-order valence-corrected chi connectivity index (χ0v) is 12.0. The van der Waals surface area contributed by atoms with Gasteiger partial charge in [-0.05, 0) is 58.7 Å². The van der Waals surface area contributed by atoms with Gasteiger partial charge in [0.2, 0.25) is 0 Å². The lowest BCUT2D eigenvalue weighted by atomic mass is 9.82. The Bertz CT molecular complexity index is 275. The van der Waals surface area contributed by atoms with Crippen molar-refractivity contribution in [2.24, 2.45) is 11.1 Å². The monoisotopic (exact) mass is 239 g/mol. The molecular weight excluding hydrogens is 210 g/mol. The lowest BCUT2D eigenvalue weighted by molar-refractivity contribution is 0.0531. The summed E-state index contributed by atoms with van der Waals surface area (Å²) in [4.78, 5) is 5.04. The Labute approximate surface area is 106 Å². The van der Waals surface area contributed by atoms with E-state index in [1.807, 2.05) is 0 Å². The lowest BCUT2D eigenvalue weighted by Gasteiger charge is -2.45. The van der Waals surface area contributed by atoms with Crippen LogP contribution in [0.5, 0.6) is 0 Å². The topological polar surface area (TPSA) is 32.5 Å². The molecule has 3 heteroatoms. The fraction of sp³-hybridized carbons (Fsp3) is 1.00. The van der Waals surface area contributed by atoms with Crippen molar-refractivity contribution in [1.29, 1.82) is 0 Å². The molecule has 1 saturated heterocycles. The molecule has 2 aliphatic rings. The largest absolute Gasteiger partial charge is 0.329 e. The zero-order valence-electron chi connectivity index (χ0n) is 12.0. The van der Waals surface area contributed by atoms with Gasteiger partial charge >= 0.3 is 0 Å². The summed E-state index contributed by atoms with van der Waals surface area (Å²) in [6.45, 7) is 7.95. The molecule has 0 spiro atoms. The summed E-state index contributed by atoms with van der Waals surface area (Å²) in [6.07, 6.45) is 5.38. The third-order valence-corrected chi connectivity index (χ3v) is 5.70. The van der Waals surface area contributed by atoms with Crippen LogP contribution in [-0.4, -0.2) is 55.1 Å². The van der Waals surface area contributed by atoms with E-state index < -0.39 is 0 Å². The molecule has 1 heterocycles. The smallest absolute Gasteiger partial charge is 0.0354 e. The van der Waals surface area contributed by atoms with Crippen LogP contribution in [0.25, 0.3) is 0 Å². The van der Waals surface area contributed by atoms with E-state index in [2.05, 4.69) is 37.7 Å². The van der Waals surface area contributed by atoms with Crippen molar-refractivity contribution in [2.75, 3.05) is 33.7 Å². The van der Waals surface area contributed by atoms with Gasteiger partial charge in [0, 0.05) is 24.7 Å². The highest BCUT2D eigenvalue weighted by atomic mass is 15.3. The molecule has 1 aliphatic carbocycles. The highest BCUT2D eigenvalue weighted by Gasteiger charge is 2.54.